The molecule has 0 saturated carbocycles. The molecular weight excluding hydrogens is 584 g/mol. The minimum atomic E-state index is -0.342. The first-order chi connectivity index (χ1) is 22.1. The Morgan fingerprint density at radius 3 is 2.48 bits per heavy atom. The van der Waals surface area contributed by atoms with Gasteiger partial charge in [0.15, 0.2) is 0 Å². The summed E-state index contributed by atoms with van der Waals surface area (Å²) >= 11 is 0. The van der Waals surface area contributed by atoms with E-state index in [1.54, 1.807) is 18.0 Å². The molecular formula is C35H40N6O5. The van der Waals surface area contributed by atoms with Crippen LogP contribution in [0.1, 0.15) is 47.8 Å². The Morgan fingerprint density at radius 1 is 0.957 bits per heavy atom. The SMILES string of the molecule is Cn1nc(-c2cccc(N3CCOc4cc(C(C)(C)C)ccc4C3=O)c2CO)cc(Nc2ccc(CN3CCOCC3)cn2)c1=O. The summed E-state index contributed by atoms with van der Waals surface area (Å²) in [6.07, 6.45) is 1.81. The number of benzene rings is 2. The van der Waals surface area contributed by atoms with Crippen molar-refractivity contribution in [1.82, 2.24) is 19.7 Å². The molecule has 0 unspecified atom stereocenters. The quantitative estimate of drug-likeness (QED) is 0.311. The van der Waals surface area contributed by atoms with E-state index in [1.807, 2.05) is 54.7 Å². The maximum atomic E-state index is 13.9. The highest BCUT2D eigenvalue weighted by atomic mass is 16.5. The Hall–Kier alpha value is -4.58. The number of aliphatic hydroxyl groups is 1. The van der Waals surface area contributed by atoms with Crippen molar-refractivity contribution in [3.63, 3.8) is 0 Å². The maximum absolute atomic E-state index is 13.9. The van der Waals surface area contributed by atoms with E-state index in [0.717, 1.165) is 44.0 Å². The number of aliphatic hydroxyl groups excluding tert-OH is 1. The molecule has 2 aliphatic heterocycles. The van der Waals surface area contributed by atoms with Crippen molar-refractivity contribution in [2.45, 2.75) is 39.3 Å². The summed E-state index contributed by atoms with van der Waals surface area (Å²) in [5.41, 5.74) is 4.65. The summed E-state index contributed by atoms with van der Waals surface area (Å²) in [5.74, 6) is 0.873. The van der Waals surface area contributed by atoms with Gasteiger partial charge in [0.05, 0.1) is 43.3 Å². The van der Waals surface area contributed by atoms with Crippen molar-refractivity contribution in [3.8, 4) is 17.0 Å². The van der Waals surface area contributed by atoms with E-state index >= 15 is 0 Å². The zero-order valence-corrected chi connectivity index (χ0v) is 26.7. The lowest BCUT2D eigenvalue weighted by molar-refractivity contribution is 0.0341. The summed E-state index contributed by atoms with van der Waals surface area (Å²) < 4.78 is 12.7. The maximum Gasteiger partial charge on any atom is 0.290 e. The third kappa shape index (κ3) is 6.53. The Bertz CT molecular complexity index is 1790. The van der Waals surface area contributed by atoms with Crippen LogP contribution in [0.3, 0.4) is 0 Å². The largest absolute Gasteiger partial charge is 0.491 e. The van der Waals surface area contributed by atoms with Crippen molar-refractivity contribution in [2.75, 3.05) is 49.7 Å². The van der Waals surface area contributed by atoms with Gasteiger partial charge in [-0.25, -0.2) is 9.67 Å². The Balaban J connectivity index is 1.29. The molecule has 2 aliphatic rings. The van der Waals surface area contributed by atoms with Gasteiger partial charge in [0, 0.05) is 44.0 Å². The number of rotatable bonds is 7. The standard InChI is InChI=1S/C35H40N6O5/c1-35(2,3)24-9-10-26-31(18-24)46-17-14-41(33(26)43)30-7-5-6-25(27(30)22-42)28-19-29(34(44)39(4)38-28)37-32-11-8-23(20-36-32)21-40-12-15-45-16-13-40/h5-11,18-20,42H,12-17,21-22H2,1-4H3,(H,36,37). The molecule has 1 fully saturated rings. The van der Waals surface area contributed by atoms with Crippen LogP contribution in [0.5, 0.6) is 5.75 Å². The van der Waals surface area contributed by atoms with Gasteiger partial charge in [-0.3, -0.25) is 14.5 Å². The van der Waals surface area contributed by atoms with E-state index in [1.165, 1.54) is 4.68 Å². The minimum absolute atomic E-state index is 0.0924. The fraction of sp³-hybridized carbons (Fsp3) is 0.371. The average Bonchev–Trinajstić information content (AvgIpc) is 3.21. The van der Waals surface area contributed by atoms with E-state index in [9.17, 15) is 14.7 Å². The van der Waals surface area contributed by atoms with Gasteiger partial charge in [0.25, 0.3) is 11.5 Å². The lowest BCUT2D eigenvalue weighted by Crippen LogP contribution is -2.35. The molecule has 0 radical (unpaired) electrons. The number of hydrogen-bond acceptors (Lipinski definition) is 9. The number of nitrogens with zero attached hydrogens (tertiary/aromatic N) is 5. The third-order valence-electron chi connectivity index (χ3n) is 8.43. The minimum Gasteiger partial charge on any atom is -0.491 e. The fourth-order valence-corrected chi connectivity index (χ4v) is 5.82. The van der Waals surface area contributed by atoms with Crippen LogP contribution in [-0.4, -0.2) is 70.1 Å². The van der Waals surface area contributed by atoms with Gasteiger partial charge in [-0.05, 0) is 46.9 Å². The zero-order chi connectivity index (χ0) is 32.4. The predicted octanol–water partition coefficient (Wildman–Crippen LogP) is 4.25. The van der Waals surface area contributed by atoms with Crippen molar-refractivity contribution in [1.29, 1.82) is 0 Å². The number of carbonyl (C=O) groups excluding carboxylic acids is 1. The molecule has 2 aromatic carbocycles. The summed E-state index contributed by atoms with van der Waals surface area (Å²) in [6, 6.07) is 16.7. The van der Waals surface area contributed by atoms with Gasteiger partial charge >= 0.3 is 0 Å². The first kappa shape index (κ1) is 31.4. The zero-order valence-electron chi connectivity index (χ0n) is 26.7. The summed E-state index contributed by atoms with van der Waals surface area (Å²) in [7, 11) is 1.58. The lowest BCUT2D eigenvalue weighted by Gasteiger charge is -2.26. The number of ether oxygens (including phenoxy) is 2. The second-order valence-corrected chi connectivity index (χ2v) is 12.7. The molecule has 46 heavy (non-hydrogen) atoms. The fourth-order valence-electron chi connectivity index (χ4n) is 5.82. The molecule has 0 spiro atoms. The molecule has 1 amide bonds. The van der Waals surface area contributed by atoms with Crippen LogP contribution in [0.4, 0.5) is 17.2 Å². The van der Waals surface area contributed by atoms with Crippen molar-refractivity contribution < 1.29 is 19.4 Å². The average molecular weight is 625 g/mol. The van der Waals surface area contributed by atoms with Gasteiger partial charge in [-0.15, -0.1) is 0 Å². The van der Waals surface area contributed by atoms with Crippen LogP contribution >= 0.6 is 0 Å². The van der Waals surface area contributed by atoms with E-state index in [-0.39, 0.29) is 29.2 Å². The number of aromatic nitrogens is 3. The van der Waals surface area contributed by atoms with Crippen LogP contribution in [0.2, 0.25) is 0 Å². The lowest BCUT2D eigenvalue weighted by atomic mass is 9.86. The molecule has 6 rings (SSSR count). The van der Waals surface area contributed by atoms with Gasteiger partial charge < -0.3 is 24.8 Å². The summed E-state index contributed by atoms with van der Waals surface area (Å²) in [4.78, 5) is 35.5. The van der Waals surface area contributed by atoms with Crippen LogP contribution < -0.4 is 20.5 Å². The number of hydrogen-bond donors (Lipinski definition) is 2. The second-order valence-electron chi connectivity index (χ2n) is 12.7. The molecule has 0 atom stereocenters. The number of fused-ring (bicyclic) bond motifs is 1. The van der Waals surface area contributed by atoms with Gasteiger partial charge in [-0.1, -0.05) is 45.0 Å². The number of amides is 1. The third-order valence-corrected chi connectivity index (χ3v) is 8.43. The second kappa shape index (κ2) is 13.0. The number of morpholine rings is 1. The topological polar surface area (TPSA) is 122 Å². The number of pyridine rings is 1. The molecule has 11 heteroatoms. The monoisotopic (exact) mass is 624 g/mol. The number of nitrogens with one attached hydrogen (secondary N) is 1. The number of anilines is 3. The smallest absolute Gasteiger partial charge is 0.290 e. The first-order valence-electron chi connectivity index (χ1n) is 15.5. The highest BCUT2D eigenvalue weighted by Gasteiger charge is 2.29. The molecule has 1 saturated heterocycles. The molecule has 0 aliphatic carbocycles. The Labute approximate surface area is 268 Å². The van der Waals surface area contributed by atoms with E-state index in [0.29, 0.717) is 52.8 Å². The highest BCUT2D eigenvalue weighted by Crippen LogP contribution is 2.36. The van der Waals surface area contributed by atoms with Gasteiger partial charge in [-0.2, -0.15) is 5.10 Å². The van der Waals surface area contributed by atoms with Gasteiger partial charge in [0.1, 0.15) is 23.9 Å². The molecule has 11 nitrogen and oxygen atoms in total. The van der Waals surface area contributed by atoms with Crippen LogP contribution in [0.15, 0.2) is 65.6 Å². The van der Waals surface area contributed by atoms with Crippen molar-refractivity contribution >= 4 is 23.1 Å². The summed E-state index contributed by atoms with van der Waals surface area (Å²) in [5, 5.41) is 18.3. The van der Waals surface area contributed by atoms with Crippen molar-refractivity contribution in [2.24, 2.45) is 7.05 Å². The Kier molecular flexibility index (Phi) is 8.90. The number of aryl methyl sites for hydroxylation is 1. The van der Waals surface area contributed by atoms with Crippen LogP contribution in [0, 0.1) is 0 Å². The molecule has 4 heterocycles. The normalized spacial score (nSPS) is 15.7. The molecule has 2 aromatic heterocycles. The van der Waals surface area contributed by atoms with Gasteiger partial charge in [0.2, 0.25) is 0 Å². The Morgan fingerprint density at radius 2 is 1.76 bits per heavy atom. The molecule has 240 valence electrons. The number of carbonyl (C=O) groups is 1. The highest BCUT2D eigenvalue weighted by molar-refractivity contribution is 6.09. The van der Waals surface area contributed by atoms with Crippen LogP contribution in [0.25, 0.3) is 11.3 Å². The van der Waals surface area contributed by atoms with Crippen LogP contribution in [-0.2, 0) is 30.4 Å². The van der Waals surface area contributed by atoms with E-state index in [2.05, 4.69) is 41.1 Å². The molecule has 2 N–H and O–H groups in total. The molecule has 0 bridgehead atoms. The first-order valence-corrected chi connectivity index (χ1v) is 15.5. The van der Waals surface area contributed by atoms with E-state index < -0.39 is 0 Å². The summed E-state index contributed by atoms with van der Waals surface area (Å²) in [6.45, 7) is 10.6. The van der Waals surface area contributed by atoms with E-state index in [4.69, 9.17) is 9.47 Å². The predicted molar refractivity (Wildman–Crippen MR) is 177 cm³/mol. The van der Waals surface area contributed by atoms with Crippen molar-refractivity contribution in [3.05, 3.63) is 93.4 Å². The molecule has 4 aromatic rings.